The van der Waals surface area contributed by atoms with Crippen LogP contribution in [0.2, 0.25) is 0 Å². The Bertz CT molecular complexity index is 1050. The van der Waals surface area contributed by atoms with Crippen molar-refractivity contribution in [2.75, 3.05) is 19.8 Å². The minimum Gasteiger partial charge on any atom is -0.477 e. The lowest BCUT2D eigenvalue weighted by Gasteiger charge is -2.50. The van der Waals surface area contributed by atoms with E-state index in [1.54, 1.807) is 0 Å². The lowest BCUT2D eigenvalue weighted by atomic mass is 9.88. The maximum atomic E-state index is 12.6. The van der Waals surface area contributed by atoms with Gasteiger partial charge in [-0.05, 0) is 0 Å². The summed E-state index contributed by atoms with van der Waals surface area (Å²) in [6, 6.07) is -3.08. The van der Waals surface area contributed by atoms with E-state index in [1.165, 1.54) is 0 Å². The van der Waals surface area contributed by atoms with Crippen LogP contribution >= 0.6 is 0 Å². The Labute approximate surface area is 260 Å². The van der Waals surface area contributed by atoms with Gasteiger partial charge in [0.2, 0.25) is 11.8 Å². The number of ether oxygens (including phenoxy) is 5. The molecule has 3 saturated heterocycles. The third kappa shape index (κ3) is 8.08. The van der Waals surface area contributed by atoms with Gasteiger partial charge in [0.25, 0.3) is 5.79 Å². The van der Waals surface area contributed by atoms with Gasteiger partial charge in [-0.1, -0.05) is 0 Å². The van der Waals surface area contributed by atoms with E-state index in [-0.39, 0.29) is 0 Å². The lowest BCUT2D eigenvalue weighted by molar-refractivity contribution is -0.380. The summed E-state index contributed by atoms with van der Waals surface area (Å²) in [4.78, 5) is 36.2. The molecule has 13 N–H and O–H groups in total. The molecule has 0 spiro atoms. The van der Waals surface area contributed by atoms with Crippen molar-refractivity contribution in [1.29, 1.82) is 0 Å². The summed E-state index contributed by atoms with van der Waals surface area (Å²) in [6.45, 7) is -0.777. The second-order valence-electron chi connectivity index (χ2n) is 11.2. The molecule has 0 aromatic heterocycles. The molecular formula is C25H42N2O19. The van der Waals surface area contributed by atoms with E-state index >= 15 is 0 Å². The standard InChI is InChI=1S/C25H42N2O19/c1-7(31)26-13-9(33)3-25(24(40)41,45-20(13)15(35)10(34)4-28)46-21-17(37)12(6-30)43-23(18(21)38)44-19-14(27-8(2)32)22(39)42-11(5-29)16(19)36/h9-23,28-30,33-39H,3-6H2,1-2H3,(H,26,31)(H,27,32)(H,40,41)/t9-,10+,11+,12+,13+,14+,15+,16-,17-,18+,19+,20+,21-,22?,23-,25+/m0/s1. The van der Waals surface area contributed by atoms with Crippen molar-refractivity contribution in [3.8, 4) is 0 Å². The van der Waals surface area contributed by atoms with E-state index in [9.17, 15) is 70.6 Å². The molecule has 16 atom stereocenters. The van der Waals surface area contributed by atoms with Gasteiger partial charge >= 0.3 is 5.97 Å². The molecule has 21 nitrogen and oxygen atoms in total. The summed E-state index contributed by atoms with van der Waals surface area (Å²) in [5.41, 5.74) is 0. The molecule has 0 bridgehead atoms. The monoisotopic (exact) mass is 674 g/mol. The predicted molar refractivity (Wildman–Crippen MR) is 142 cm³/mol. The zero-order valence-corrected chi connectivity index (χ0v) is 24.7. The Balaban J connectivity index is 1.98. The largest absolute Gasteiger partial charge is 0.477 e. The second-order valence-corrected chi connectivity index (χ2v) is 11.2. The molecule has 3 aliphatic heterocycles. The van der Waals surface area contributed by atoms with E-state index in [4.69, 9.17) is 23.7 Å². The summed E-state index contributed by atoms with van der Waals surface area (Å²) in [5, 5.41) is 118. The molecule has 3 heterocycles. The first-order chi connectivity index (χ1) is 21.5. The van der Waals surface area contributed by atoms with E-state index in [1.807, 2.05) is 0 Å². The highest BCUT2D eigenvalue weighted by atomic mass is 16.8. The van der Waals surface area contributed by atoms with Gasteiger partial charge in [0.05, 0.1) is 32.0 Å². The number of aliphatic hydroxyl groups excluding tert-OH is 10. The normalized spacial score (nSPS) is 42.9. The van der Waals surface area contributed by atoms with Crippen LogP contribution in [-0.2, 0) is 38.1 Å². The highest BCUT2D eigenvalue weighted by Gasteiger charge is 2.60. The third-order valence-electron chi connectivity index (χ3n) is 7.87. The van der Waals surface area contributed by atoms with Crippen LogP contribution < -0.4 is 10.6 Å². The molecule has 0 aliphatic carbocycles. The number of amides is 2. The van der Waals surface area contributed by atoms with Crippen molar-refractivity contribution in [2.24, 2.45) is 0 Å². The van der Waals surface area contributed by atoms with Crippen LogP contribution in [0.1, 0.15) is 20.3 Å². The summed E-state index contributed by atoms with van der Waals surface area (Å²) < 4.78 is 27.3. The Morgan fingerprint density at radius 3 is 1.91 bits per heavy atom. The third-order valence-corrected chi connectivity index (χ3v) is 7.87. The number of carbonyl (C=O) groups is 3. The van der Waals surface area contributed by atoms with Crippen LogP contribution in [0.25, 0.3) is 0 Å². The van der Waals surface area contributed by atoms with Gasteiger partial charge in [-0.25, -0.2) is 4.79 Å². The SMILES string of the molecule is CC(=O)N[C@H]1[C@H]([C@H](O)[C@H](O)CO)O[C@](O[C@H]2[C@@H](O)[C@@H](CO)O[C@@H](O[C@H]3[C@@H](O)[C@@H](CO)OC(O)[C@@H]3NC(C)=O)[C@@H]2O)(C(=O)O)C[C@@H]1O. The van der Waals surface area contributed by atoms with E-state index in [2.05, 4.69) is 10.6 Å². The molecule has 0 saturated carbocycles. The van der Waals surface area contributed by atoms with Crippen molar-refractivity contribution < 1.29 is 94.2 Å². The van der Waals surface area contributed by atoms with Crippen molar-refractivity contribution >= 4 is 17.8 Å². The van der Waals surface area contributed by atoms with Gasteiger partial charge in [-0.15, -0.1) is 0 Å². The Kier molecular flexibility index (Phi) is 13.1. The maximum Gasteiger partial charge on any atom is 0.364 e. The highest BCUT2D eigenvalue weighted by molar-refractivity contribution is 5.76. The average Bonchev–Trinajstić information content (AvgIpc) is 2.99. The zero-order valence-electron chi connectivity index (χ0n) is 24.7. The lowest BCUT2D eigenvalue weighted by Crippen LogP contribution is -2.71. The summed E-state index contributed by atoms with van der Waals surface area (Å²) in [7, 11) is 0. The second kappa shape index (κ2) is 15.8. The molecule has 46 heavy (non-hydrogen) atoms. The van der Waals surface area contributed by atoms with Crippen LogP contribution in [0.15, 0.2) is 0 Å². The van der Waals surface area contributed by atoms with Crippen LogP contribution in [-0.4, -0.2) is 191 Å². The van der Waals surface area contributed by atoms with Crippen molar-refractivity contribution in [2.45, 2.75) is 118 Å². The Hall–Kier alpha value is -2.19. The number of rotatable bonds is 12. The fourth-order valence-electron chi connectivity index (χ4n) is 5.56. The number of aliphatic carboxylic acids is 1. The van der Waals surface area contributed by atoms with Crippen LogP contribution in [0.4, 0.5) is 0 Å². The van der Waals surface area contributed by atoms with Crippen LogP contribution in [0, 0.1) is 0 Å². The topological polar surface area (TPSA) is 344 Å². The molecule has 0 aromatic rings. The van der Waals surface area contributed by atoms with Crippen LogP contribution in [0.5, 0.6) is 0 Å². The van der Waals surface area contributed by atoms with Gasteiger partial charge in [0.15, 0.2) is 12.6 Å². The number of hydrogen-bond acceptors (Lipinski definition) is 18. The Morgan fingerprint density at radius 1 is 0.848 bits per heavy atom. The van der Waals surface area contributed by atoms with Gasteiger partial charge in [0, 0.05) is 20.3 Å². The fraction of sp³-hybridized carbons (Fsp3) is 0.880. The number of hydrogen-bond donors (Lipinski definition) is 13. The molecule has 266 valence electrons. The highest BCUT2D eigenvalue weighted by Crippen LogP contribution is 2.38. The van der Waals surface area contributed by atoms with Gasteiger partial charge in [0.1, 0.15) is 67.1 Å². The molecule has 0 radical (unpaired) electrons. The maximum absolute atomic E-state index is 12.6. The van der Waals surface area contributed by atoms with E-state index < -0.39 is 142 Å². The van der Waals surface area contributed by atoms with Crippen LogP contribution in [0.3, 0.4) is 0 Å². The summed E-state index contributed by atoms with van der Waals surface area (Å²) >= 11 is 0. The predicted octanol–water partition coefficient (Wildman–Crippen LogP) is -8.08. The Morgan fingerprint density at radius 2 is 1.39 bits per heavy atom. The molecule has 2 amide bonds. The number of nitrogens with one attached hydrogen (secondary N) is 2. The molecule has 3 aliphatic rings. The number of carboxylic acids is 1. The van der Waals surface area contributed by atoms with Crippen molar-refractivity contribution in [3.05, 3.63) is 0 Å². The molecule has 21 heteroatoms. The first-order valence-corrected chi connectivity index (χ1v) is 14.2. The summed E-state index contributed by atoms with van der Waals surface area (Å²) in [6.07, 6.45) is -25.8. The van der Waals surface area contributed by atoms with E-state index in [0.29, 0.717) is 0 Å². The number of carboxylic acid groups (broad SMARTS) is 1. The summed E-state index contributed by atoms with van der Waals surface area (Å²) in [5.74, 6) is -6.50. The number of aliphatic hydroxyl groups is 10. The fourth-order valence-corrected chi connectivity index (χ4v) is 5.56. The zero-order chi connectivity index (χ0) is 34.7. The molecule has 3 rings (SSSR count). The van der Waals surface area contributed by atoms with Gasteiger partial charge in [-0.3, -0.25) is 9.59 Å². The van der Waals surface area contributed by atoms with E-state index in [0.717, 1.165) is 13.8 Å². The smallest absolute Gasteiger partial charge is 0.364 e. The number of carbonyl (C=O) groups excluding carboxylic acids is 2. The molecule has 3 fully saturated rings. The first-order valence-electron chi connectivity index (χ1n) is 14.2. The van der Waals surface area contributed by atoms with Crippen molar-refractivity contribution in [1.82, 2.24) is 10.6 Å². The van der Waals surface area contributed by atoms with Gasteiger partial charge < -0.3 is 90.5 Å². The average molecular weight is 675 g/mol. The quantitative estimate of drug-likeness (QED) is 0.0913. The minimum absolute atomic E-state index is 0.720. The molecular weight excluding hydrogens is 632 g/mol. The van der Waals surface area contributed by atoms with Gasteiger partial charge in [-0.2, -0.15) is 0 Å². The molecule has 1 unspecified atom stereocenters. The minimum atomic E-state index is -3.04. The van der Waals surface area contributed by atoms with Crippen molar-refractivity contribution in [3.63, 3.8) is 0 Å². The molecule has 0 aromatic carbocycles. The first kappa shape index (κ1) is 38.3.